The normalized spacial score (nSPS) is 26.2. The van der Waals surface area contributed by atoms with Gasteiger partial charge in [-0.05, 0) is 38.0 Å². The molecule has 1 fully saturated rings. The SMILES string of the molecule is CON(OC1O[C@@H](C)[C@H](O)[C@@H](O)[C@H]1O)C(C)CC(c1ccccc1)c1c(O)c2ccccc2oc1=O. The molecule has 3 unspecified atom stereocenters. The number of hydrogen-bond acceptors (Lipinski definition) is 10. The Hall–Kier alpha value is -2.83. The van der Waals surface area contributed by atoms with Crippen LogP contribution in [0.2, 0.25) is 0 Å². The second-order valence-corrected chi connectivity index (χ2v) is 8.95. The lowest BCUT2D eigenvalue weighted by Gasteiger charge is -2.41. The molecule has 1 aliphatic heterocycles. The summed E-state index contributed by atoms with van der Waals surface area (Å²) in [5, 5.41) is 43.0. The van der Waals surface area contributed by atoms with Crippen LogP contribution >= 0.6 is 0 Å². The van der Waals surface area contributed by atoms with Gasteiger partial charge in [0.2, 0.25) is 6.29 Å². The summed E-state index contributed by atoms with van der Waals surface area (Å²) in [6.07, 6.45) is -6.14. The molecule has 0 spiro atoms. The van der Waals surface area contributed by atoms with Crippen molar-refractivity contribution in [3.8, 4) is 5.75 Å². The number of ether oxygens (including phenoxy) is 1. The average Bonchev–Trinajstić information content (AvgIpc) is 2.88. The molecule has 2 aromatic carbocycles. The zero-order valence-corrected chi connectivity index (χ0v) is 20.2. The average molecular weight is 502 g/mol. The van der Waals surface area contributed by atoms with E-state index in [9.17, 15) is 25.2 Å². The van der Waals surface area contributed by atoms with Gasteiger partial charge in [0.05, 0.1) is 30.2 Å². The van der Waals surface area contributed by atoms with E-state index in [4.69, 9.17) is 18.8 Å². The third kappa shape index (κ3) is 5.16. The molecule has 194 valence electrons. The lowest BCUT2D eigenvalue weighted by Crippen LogP contribution is -2.58. The van der Waals surface area contributed by atoms with Gasteiger partial charge in [-0.1, -0.05) is 47.7 Å². The molecule has 0 radical (unpaired) electrons. The van der Waals surface area contributed by atoms with E-state index in [1.807, 2.05) is 30.3 Å². The number of hydroxylamine groups is 2. The van der Waals surface area contributed by atoms with Gasteiger partial charge >= 0.3 is 5.63 Å². The molecule has 36 heavy (non-hydrogen) atoms. The topological polar surface area (TPSA) is 142 Å². The molecule has 2 heterocycles. The fourth-order valence-corrected chi connectivity index (χ4v) is 4.52. The minimum Gasteiger partial charge on any atom is -0.507 e. The number of aromatic hydroxyl groups is 1. The molecule has 1 saturated heterocycles. The predicted octanol–water partition coefficient (Wildman–Crippen LogP) is 2.03. The van der Waals surface area contributed by atoms with Gasteiger partial charge in [0, 0.05) is 5.92 Å². The number of fused-ring (bicyclic) bond motifs is 1. The Kier molecular flexibility index (Phi) is 8.06. The Morgan fingerprint density at radius 3 is 2.36 bits per heavy atom. The third-order valence-corrected chi connectivity index (χ3v) is 6.50. The molecule has 0 aliphatic carbocycles. The van der Waals surface area contributed by atoms with Crippen molar-refractivity contribution in [1.82, 2.24) is 5.23 Å². The monoisotopic (exact) mass is 501 g/mol. The fourth-order valence-electron chi connectivity index (χ4n) is 4.52. The van der Waals surface area contributed by atoms with Crippen molar-refractivity contribution in [2.45, 2.75) is 62.9 Å². The van der Waals surface area contributed by atoms with E-state index in [1.165, 1.54) is 7.11 Å². The van der Waals surface area contributed by atoms with E-state index in [0.717, 1.165) is 10.8 Å². The number of benzene rings is 2. The number of hydrogen-bond donors (Lipinski definition) is 4. The van der Waals surface area contributed by atoms with Crippen LogP contribution in [-0.2, 0) is 14.4 Å². The maximum atomic E-state index is 13.0. The summed E-state index contributed by atoms with van der Waals surface area (Å²) >= 11 is 0. The first-order valence-electron chi connectivity index (χ1n) is 11.7. The minimum atomic E-state index is -1.53. The summed E-state index contributed by atoms with van der Waals surface area (Å²) in [6, 6.07) is 15.4. The van der Waals surface area contributed by atoms with E-state index in [0.29, 0.717) is 5.39 Å². The number of aliphatic hydroxyl groups is 3. The summed E-state index contributed by atoms with van der Waals surface area (Å²) in [5.41, 5.74) is 0.487. The third-order valence-electron chi connectivity index (χ3n) is 6.50. The van der Waals surface area contributed by atoms with Crippen molar-refractivity contribution >= 4 is 11.0 Å². The largest absolute Gasteiger partial charge is 0.507 e. The zero-order valence-electron chi connectivity index (χ0n) is 20.2. The van der Waals surface area contributed by atoms with E-state index >= 15 is 0 Å². The van der Waals surface area contributed by atoms with Gasteiger partial charge in [-0.3, -0.25) is 4.84 Å². The van der Waals surface area contributed by atoms with Crippen LogP contribution in [0.25, 0.3) is 11.0 Å². The van der Waals surface area contributed by atoms with Gasteiger partial charge in [-0.15, -0.1) is 0 Å². The highest BCUT2D eigenvalue weighted by molar-refractivity contribution is 5.84. The van der Waals surface area contributed by atoms with Crippen molar-refractivity contribution in [2.75, 3.05) is 7.11 Å². The molecule has 0 saturated carbocycles. The first kappa shape index (κ1) is 26.2. The van der Waals surface area contributed by atoms with Crippen LogP contribution in [0.5, 0.6) is 5.75 Å². The number of nitrogens with zero attached hydrogens (tertiary/aromatic N) is 1. The first-order chi connectivity index (χ1) is 17.2. The van der Waals surface area contributed by atoms with Gasteiger partial charge in [-0.25, -0.2) is 9.63 Å². The molecule has 10 heteroatoms. The maximum Gasteiger partial charge on any atom is 0.343 e. The van der Waals surface area contributed by atoms with Crippen molar-refractivity contribution in [3.05, 3.63) is 76.1 Å². The molecule has 1 aliphatic rings. The molecule has 4 rings (SSSR count). The molecule has 0 bridgehead atoms. The molecule has 3 aromatic rings. The Labute approximate surface area is 207 Å². The molecule has 0 amide bonds. The van der Waals surface area contributed by atoms with Gasteiger partial charge < -0.3 is 29.6 Å². The highest BCUT2D eigenvalue weighted by atomic mass is 17.0. The lowest BCUT2D eigenvalue weighted by atomic mass is 9.86. The summed E-state index contributed by atoms with van der Waals surface area (Å²) < 4.78 is 11.0. The van der Waals surface area contributed by atoms with Crippen molar-refractivity contribution < 1.29 is 39.3 Å². The molecular weight excluding hydrogens is 470 g/mol. The smallest absolute Gasteiger partial charge is 0.343 e. The number of rotatable bonds is 8. The maximum absolute atomic E-state index is 13.0. The summed E-state index contributed by atoms with van der Waals surface area (Å²) in [5.74, 6) is -0.767. The molecule has 4 N–H and O–H groups in total. The Morgan fingerprint density at radius 1 is 1.00 bits per heavy atom. The van der Waals surface area contributed by atoms with Crippen LogP contribution in [0.1, 0.15) is 37.3 Å². The van der Waals surface area contributed by atoms with Gasteiger partial charge in [-0.2, -0.15) is 0 Å². The highest BCUT2D eigenvalue weighted by Gasteiger charge is 2.44. The quantitative estimate of drug-likeness (QED) is 0.268. The fraction of sp³-hybridized carbons (Fsp3) is 0.423. The van der Waals surface area contributed by atoms with E-state index < -0.39 is 48.3 Å². The highest BCUT2D eigenvalue weighted by Crippen LogP contribution is 2.37. The van der Waals surface area contributed by atoms with Gasteiger partial charge in [0.1, 0.15) is 29.6 Å². The van der Waals surface area contributed by atoms with Crippen molar-refractivity contribution in [2.24, 2.45) is 0 Å². The number of aliphatic hydroxyl groups excluding tert-OH is 3. The predicted molar refractivity (Wildman–Crippen MR) is 129 cm³/mol. The zero-order chi connectivity index (χ0) is 26.0. The van der Waals surface area contributed by atoms with Crippen LogP contribution in [0.4, 0.5) is 0 Å². The number of para-hydroxylation sites is 1. The van der Waals surface area contributed by atoms with Crippen molar-refractivity contribution in [1.29, 1.82) is 0 Å². The Bertz CT molecular complexity index is 1220. The second-order valence-electron chi connectivity index (χ2n) is 8.95. The molecule has 7 atom stereocenters. The molecule has 1 aromatic heterocycles. The second kappa shape index (κ2) is 11.1. The van der Waals surface area contributed by atoms with Crippen LogP contribution in [0.3, 0.4) is 0 Å². The molecule has 10 nitrogen and oxygen atoms in total. The summed E-state index contributed by atoms with van der Waals surface area (Å²) in [4.78, 5) is 24.1. The van der Waals surface area contributed by atoms with E-state index in [1.54, 1.807) is 38.1 Å². The van der Waals surface area contributed by atoms with Crippen LogP contribution in [0, 0.1) is 0 Å². The van der Waals surface area contributed by atoms with Crippen LogP contribution in [0.15, 0.2) is 63.8 Å². The van der Waals surface area contributed by atoms with Gasteiger partial charge in [0.25, 0.3) is 0 Å². The summed E-state index contributed by atoms with van der Waals surface area (Å²) in [7, 11) is 1.36. The summed E-state index contributed by atoms with van der Waals surface area (Å²) in [6.45, 7) is 3.31. The van der Waals surface area contributed by atoms with E-state index in [-0.39, 0.29) is 23.3 Å². The Balaban J connectivity index is 1.65. The first-order valence-corrected chi connectivity index (χ1v) is 11.7. The lowest BCUT2D eigenvalue weighted by molar-refractivity contribution is -0.452. The van der Waals surface area contributed by atoms with E-state index in [2.05, 4.69) is 0 Å². The Morgan fingerprint density at radius 2 is 1.67 bits per heavy atom. The van der Waals surface area contributed by atoms with Gasteiger partial charge in [0.15, 0.2) is 0 Å². The standard InChI is InChI=1S/C26H31NO9/c1-14(27(33-3)36-26-24(31)23(30)21(28)15(2)34-26)13-18(16-9-5-4-6-10-16)20-22(29)17-11-7-8-12-19(17)35-25(20)32/h4-12,14-15,18,21,23-24,26,28-31H,13H2,1-3H3/t14?,15-,18?,21-,23+,24+,26?/m0/s1. The minimum absolute atomic E-state index is 0.101. The van der Waals surface area contributed by atoms with Crippen LogP contribution < -0.4 is 5.63 Å². The van der Waals surface area contributed by atoms with Crippen molar-refractivity contribution in [3.63, 3.8) is 0 Å². The van der Waals surface area contributed by atoms with Crippen LogP contribution in [-0.4, -0.2) is 69.5 Å². The molecular formula is C26H31NO9.